The fourth-order valence-corrected chi connectivity index (χ4v) is 3.92. The van der Waals surface area contributed by atoms with Crippen LogP contribution in [0.2, 0.25) is 0 Å². The number of nitrogens with zero attached hydrogens (tertiary/aromatic N) is 2. The molecule has 0 bridgehead atoms. The van der Waals surface area contributed by atoms with Crippen molar-refractivity contribution in [2.24, 2.45) is 0 Å². The van der Waals surface area contributed by atoms with Crippen LogP contribution in [0.15, 0.2) is 47.1 Å². The smallest absolute Gasteiger partial charge is 0.293 e. The highest BCUT2D eigenvalue weighted by Gasteiger charge is 2.25. The van der Waals surface area contributed by atoms with Gasteiger partial charge in [-0.1, -0.05) is 29.0 Å². The maximum atomic E-state index is 12.5. The molecule has 28 heavy (non-hydrogen) atoms. The minimum Gasteiger partial charge on any atom is -0.484 e. The molecule has 1 N–H and O–H groups in total. The second-order valence-corrected chi connectivity index (χ2v) is 7.57. The molecule has 0 aliphatic carbocycles. The Kier molecular flexibility index (Phi) is 5.12. The lowest BCUT2D eigenvalue weighted by Gasteiger charge is -2.26. The number of ether oxygens (including phenoxy) is 1. The number of furan rings is 1. The first-order valence-corrected chi connectivity index (χ1v) is 9.71. The van der Waals surface area contributed by atoms with Crippen molar-refractivity contribution < 1.29 is 18.7 Å². The fourth-order valence-electron chi connectivity index (χ4n) is 2.90. The van der Waals surface area contributed by atoms with E-state index in [0.29, 0.717) is 30.4 Å². The average Bonchev–Trinajstić information content (AvgIpc) is 3.36. The van der Waals surface area contributed by atoms with E-state index >= 15 is 0 Å². The zero-order valence-corrected chi connectivity index (χ0v) is 16.1. The Balaban J connectivity index is 1.35. The van der Waals surface area contributed by atoms with Crippen molar-refractivity contribution >= 4 is 28.3 Å². The van der Waals surface area contributed by atoms with Gasteiger partial charge >= 0.3 is 0 Å². The molecule has 1 aromatic carbocycles. The van der Waals surface area contributed by atoms with E-state index in [1.165, 1.54) is 17.6 Å². The van der Waals surface area contributed by atoms with E-state index in [1.807, 2.05) is 31.2 Å². The summed E-state index contributed by atoms with van der Waals surface area (Å²) in [7, 11) is 0. The molecule has 0 saturated heterocycles. The Morgan fingerprint density at radius 2 is 2.11 bits per heavy atom. The highest BCUT2D eigenvalue weighted by atomic mass is 32.1. The summed E-state index contributed by atoms with van der Waals surface area (Å²) in [6, 6.07) is 10.9. The molecular weight excluding hydrogens is 378 g/mol. The molecule has 1 aliphatic rings. The van der Waals surface area contributed by atoms with E-state index in [4.69, 9.17) is 9.15 Å². The minimum atomic E-state index is -0.337. The summed E-state index contributed by atoms with van der Waals surface area (Å²) in [5.41, 5.74) is 2.06. The first-order valence-electron chi connectivity index (χ1n) is 8.89. The largest absolute Gasteiger partial charge is 0.484 e. The Morgan fingerprint density at radius 3 is 2.86 bits per heavy atom. The van der Waals surface area contributed by atoms with Gasteiger partial charge in [-0.05, 0) is 31.2 Å². The monoisotopic (exact) mass is 397 g/mol. The van der Waals surface area contributed by atoms with Crippen molar-refractivity contribution in [1.82, 2.24) is 9.88 Å². The molecule has 0 unspecified atom stereocenters. The summed E-state index contributed by atoms with van der Waals surface area (Å²) in [6.45, 7) is 3.05. The zero-order chi connectivity index (χ0) is 19.5. The number of hydrogen-bond acceptors (Lipinski definition) is 6. The molecule has 1 aliphatic heterocycles. The van der Waals surface area contributed by atoms with Gasteiger partial charge in [0.25, 0.3) is 11.8 Å². The number of aryl methyl sites for hydroxylation is 1. The van der Waals surface area contributed by atoms with Gasteiger partial charge in [-0.15, -0.1) is 0 Å². The van der Waals surface area contributed by atoms with Crippen LogP contribution >= 0.6 is 11.3 Å². The Labute approximate surface area is 165 Å². The van der Waals surface area contributed by atoms with E-state index in [0.717, 1.165) is 16.1 Å². The van der Waals surface area contributed by atoms with Gasteiger partial charge in [0.2, 0.25) is 0 Å². The zero-order valence-electron chi connectivity index (χ0n) is 15.3. The first-order chi connectivity index (χ1) is 13.6. The molecule has 2 amide bonds. The summed E-state index contributed by atoms with van der Waals surface area (Å²) in [4.78, 5) is 31.8. The van der Waals surface area contributed by atoms with Crippen LogP contribution in [-0.4, -0.2) is 34.8 Å². The van der Waals surface area contributed by atoms with Gasteiger partial charge in [-0.3, -0.25) is 14.9 Å². The van der Waals surface area contributed by atoms with Crippen LogP contribution in [-0.2, 0) is 17.8 Å². The van der Waals surface area contributed by atoms with Gasteiger partial charge in [0.15, 0.2) is 17.5 Å². The Bertz CT molecular complexity index is 980. The number of aromatic nitrogens is 1. The molecule has 0 fully saturated rings. The minimum absolute atomic E-state index is 0.000710. The molecule has 8 heteroatoms. The number of fused-ring (bicyclic) bond motifs is 1. The number of carbonyl (C=O) groups is 2. The van der Waals surface area contributed by atoms with Crippen LogP contribution in [0.3, 0.4) is 0 Å². The molecule has 7 nitrogen and oxygen atoms in total. The van der Waals surface area contributed by atoms with Crippen molar-refractivity contribution in [3.63, 3.8) is 0 Å². The summed E-state index contributed by atoms with van der Waals surface area (Å²) in [6.07, 6.45) is 2.10. The normalized spacial score (nSPS) is 13.1. The molecule has 144 valence electrons. The number of anilines is 1. The van der Waals surface area contributed by atoms with E-state index in [2.05, 4.69) is 10.3 Å². The highest BCUT2D eigenvalue weighted by Crippen LogP contribution is 2.28. The number of amides is 2. The van der Waals surface area contributed by atoms with Crippen molar-refractivity contribution in [3.8, 4) is 5.75 Å². The maximum Gasteiger partial charge on any atom is 0.293 e. The van der Waals surface area contributed by atoms with Crippen molar-refractivity contribution in [2.75, 3.05) is 18.5 Å². The molecule has 4 rings (SSSR count). The third-order valence-electron chi connectivity index (χ3n) is 4.43. The quantitative estimate of drug-likeness (QED) is 0.714. The third-order valence-corrected chi connectivity index (χ3v) is 5.43. The first kappa shape index (κ1) is 18.2. The van der Waals surface area contributed by atoms with Crippen LogP contribution in [0.4, 0.5) is 5.13 Å². The Hall–Kier alpha value is -3.13. The number of hydrogen-bond donors (Lipinski definition) is 1. The number of thiazole rings is 1. The molecule has 3 heterocycles. The number of carbonyl (C=O) groups excluding carboxylic acids is 2. The lowest BCUT2D eigenvalue weighted by molar-refractivity contribution is -0.134. The van der Waals surface area contributed by atoms with E-state index in [-0.39, 0.29) is 24.2 Å². The van der Waals surface area contributed by atoms with Crippen molar-refractivity contribution in [3.05, 3.63) is 64.6 Å². The predicted molar refractivity (Wildman–Crippen MR) is 105 cm³/mol. The highest BCUT2D eigenvalue weighted by molar-refractivity contribution is 7.15. The standard InChI is InChI=1S/C20H19N3O4S/c1-13-4-6-14(7-5-13)27-12-18(24)23-9-8-15-17(11-23)28-20(21-15)22-19(25)16-3-2-10-26-16/h2-7,10H,8-9,11-12H2,1H3,(H,21,22,25). The summed E-state index contributed by atoms with van der Waals surface area (Å²) in [5, 5.41) is 3.25. The summed E-state index contributed by atoms with van der Waals surface area (Å²) < 4.78 is 10.7. The molecule has 0 radical (unpaired) electrons. The predicted octanol–water partition coefficient (Wildman–Crippen LogP) is 3.26. The van der Waals surface area contributed by atoms with E-state index in [1.54, 1.807) is 17.0 Å². The molecule has 0 spiro atoms. The van der Waals surface area contributed by atoms with Gasteiger partial charge in [0.1, 0.15) is 5.75 Å². The molecule has 0 saturated carbocycles. The molecule has 3 aromatic rings. The number of nitrogens with one attached hydrogen (secondary N) is 1. The molecule has 2 aromatic heterocycles. The van der Waals surface area contributed by atoms with Gasteiger partial charge < -0.3 is 14.1 Å². The number of benzene rings is 1. The SMILES string of the molecule is Cc1ccc(OCC(=O)N2CCc3nc(NC(=O)c4ccco4)sc3C2)cc1. The van der Waals surface area contributed by atoms with E-state index < -0.39 is 0 Å². The van der Waals surface area contributed by atoms with Crippen LogP contribution in [0, 0.1) is 6.92 Å². The lowest BCUT2D eigenvalue weighted by atomic mass is 10.2. The van der Waals surface area contributed by atoms with Crippen LogP contribution in [0.5, 0.6) is 5.75 Å². The molecule has 0 atom stereocenters. The second kappa shape index (κ2) is 7.85. The van der Waals surface area contributed by atoms with Crippen LogP contribution < -0.4 is 10.1 Å². The summed E-state index contributed by atoms with van der Waals surface area (Å²) >= 11 is 1.38. The third kappa shape index (κ3) is 4.07. The molecular formula is C20H19N3O4S. The van der Waals surface area contributed by atoms with Gasteiger partial charge in [-0.2, -0.15) is 0 Å². The second-order valence-electron chi connectivity index (χ2n) is 6.49. The lowest BCUT2D eigenvalue weighted by Crippen LogP contribution is -2.38. The maximum absolute atomic E-state index is 12.5. The fraction of sp³-hybridized carbons (Fsp3) is 0.250. The van der Waals surface area contributed by atoms with Crippen molar-refractivity contribution in [2.45, 2.75) is 19.9 Å². The van der Waals surface area contributed by atoms with Crippen molar-refractivity contribution in [1.29, 1.82) is 0 Å². The van der Waals surface area contributed by atoms with Gasteiger partial charge in [0, 0.05) is 17.8 Å². The van der Waals surface area contributed by atoms with Crippen LogP contribution in [0.1, 0.15) is 26.7 Å². The summed E-state index contributed by atoms with van der Waals surface area (Å²) in [5.74, 6) is 0.506. The topological polar surface area (TPSA) is 84.7 Å². The van der Waals surface area contributed by atoms with Gasteiger partial charge in [-0.25, -0.2) is 4.98 Å². The van der Waals surface area contributed by atoms with E-state index in [9.17, 15) is 9.59 Å². The average molecular weight is 397 g/mol. The van der Waals surface area contributed by atoms with Gasteiger partial charge in [0.05, 0.1) is 18.5 Å². The number of rotatable bonds is 5. The Morgan fingerprint density at radius 1 is 1.29 bits per heavy atom. The van der Waals surface area contributed by atoms with Crippen LogP contribution in [0.25, 0.3) is 0 Å².